The van der Waals surface area contributed by atoms with Crippen LogP contribution >= 0.6 is 38.9 Å². The monoisotopic (exact) mass is 455 g/mol. The zero-order chi connectivity index (χ0) is 18.5. The minimum atomic E-state index is -0.00192. The van der Waals surface area contributed by atoms with Gasteiger partial charge in [-0.25, -0.2) is 4.79 Å². The Labute approximate surface area is 172 Å². The molecule has 0 radical (unpaired) electrons. The molecule has 1 N–H and O–H groups in total. The van der Waals surface area contributed by atoms with Crippen molar-refractivity contribution in [2.75, 3.05) is 31.1 Å². The van der Waals surface area contributed by atoms with Crippen LogP contribution in [0.25, 0.3) is 0 Å². The molecule has 7 heteroatoms. The Morgan fingerprint density at radius 2 is 2.27 bits per heavy atom. The van der Waals surface area contributed by atoms with Crippen LogP contribution in [-0.4, -0.2) is 37.1 Å². The van der Waals surface area contributed by atoms with Crippen LogP contribution in [0.2, 0.25) is 4.34 Å². The summed E-state index contributed by atoms with van der Waals surface area (Å²) in [6.07, 6.45) is 1.10. The van der Waals surface area contributed by atoms with Crippen molar-refractivity contribution < 1.29 is 4.79 Å². The average Bonchev–Trinajstić information content (AvgIpc) is 3.26. The highest BCUT2D eigenvalue weighted by molar-refractivity contribution is 9.10. The van der Waals surface area contributed by atoms with E-state index in [0.29, 0.717) is 25.6 Å². The van der Waals surface area contributed by atoms with Gasteiger partial charge in [0.25, 0.3) is 0 Å². The maximum Gasteiger partial charge on any atom is 0.317 e. The fraction of sp³-hybridized carbons (Fsp3) is 0.421. The zero-order valence-electron chi connectivity index (χ0n) is 14.8. The molecule has 26 heavy (non-hydrogen) atoms. The molecule has 1 saturated heterocycles. The third kappa shape index (κ3) is 5.15. The van der Waals surface area contributed by atoms with Gasteiger partial charge in [0.2, 0.25) is 0 Å². The Hall–Kier alpha value is -1.24. The van der Waals surface area contributed by atoms with E-state index >= 15 is 0 Å². The van der Waals surface area contributed by atoms with Gasteiger partial charge in [-0.1, -0.05) is 33.6 Å². The number of anilines is 1. The van der Waals surface area contributed by atoms with Crippen molar-refractivity contribution in [1.29, 1.82) is 0 Å². The summed E-state index contributed by atoms with van der Waals surface area (Å²) in [5, 5.41) is 3.11. The van der Waals surface area contributed by atoms with Crippen molar-refractivity contribution >= 4 is 50.6 Å². The number of carbonyl (C=O) groups is 1. The molecule has 2 heterocycles. The normalized spacial score (nSPS) is 16.7. The number of amides is 2. The lowest BCUT2D eigenvalue weighted by Gasteiger charge is -2.22. The summed E-state index contributed by atoms with van der Waals surface area (Å²) in [5.41, 5.74) is 1.23. The minimum Gasteiger partial charge on any atom is -0.371 e. The van der Waals surface area contributed by atoms with E-state index in [9.17, 15) is 4.79 Å². The molecule has 2 amide bonds. The van der Waals surface area contributed by atoms with Gasteiger partial charge in [0.1, 0.15) is 0 Å². The van der Waals surface area contributed by atoms with Gasteiger partial charge in [-0.3, -0.25) is 0 Å². The Bertz CT molecular complexity index is 754. The molecule has 140 valence electrons. The highest BCUT2D eigenvalue weighted by atomic mass is 79.9. The standard InChI is InChI=1S/C19H23BrClN3OS/c1-2-23(13-17-6-7-18(21)26-17)19(25)22-11-14-8-9-24(12-14)16-5-3-4-15(20)10-16/h3-7,10,14H,2,8-9,11-13H2,1H3,(H,22,25). The number of benzene rings is 1. The first-order chi connectivity index (χ1) is 12.5. The maximum absolute atomic E-state index is 12.5. The molecule has 0 spiro atoms. The predicted octanol–water partition coefficient (Wildman–Crippen LogP) is 5.22. The molecule has 3 rings (SSSR count). The number of thiophene rings is 1. The van der Waals surface area contributed by atoms with Gasteiger partial charge in [0, 0.05) is 41.2 Å². The highest BCUT2D eigenvalue weighted by Crippen LogP contribution is 2.26. The first-order valence-corrected chi connectivity index (χ1v) is 10.8. The number of hydrogen-bond acceptors (Lipinski definition) is 3. The van der Waals surface area contributed by atoms with Crippen molar-refractivity contribution in [3.8, 4) is 0 Å². The van der Waals surface area contributed by atoms with Crippen LogP contribution in [-0.2, 0) is 6.54 Å². The van der Waals surface area contributed by atoms with Crippen LogP contribution in [0, 0.1) is 5.92 Å². The first-order valence-electron chi connectivity index (χ1n) is 8.82. The van der Waals surface area contributed by atoms with Crippen molar-refractivity contribution in [3.63, 3.8) is 0 Å². The quantitative estimate of drug-likeness (QED) is 0.646. The van der Waals surface area contributed by atoms with Gasteiger partial charge in [0.05, 0.1) is 10.9 Å². The molecule has 1 aliphatic heterocycles. The number of halogens is 2. The summed E-state index contributed by atoms with van der Waals surface area (Å²) in [4.78, 5) is 17.8. The summed E-state index contributed by atoms with van der Waals surface area (Å²) < 4.78 is 1.86. The first kappa shape index (κ1) is 19.5. The second kappa shape index (κ2) is 9.11. The number of nitrogens with one attached hydrogen (secondary N) is 1. The summed E-state index contributed by atoms with van der Waals surface area (Å²) in [6, 6.07) is 12.2. The molecule has 4 nitrogen and oxygen atoms in total. The lowest BCUT2D eigenvalue weighted by atomic mass is 10.1. The second-order valence-corrected chi connectivity index (χ2v) is 9.20. The van der Waals surface area contributed by atoms with E-state index in [1.54, 1.807) is 0 Å². The second-order valence-electron chi connectivity index (χ2n) is 6.49. The third-order valence-corrected chi connectivity index (χ3v) is 6.35. The molecule has 1 aromatic heterocycles. The van der Waals surface area contributed by atoms with Crippen LogP contribution in [0.15, 0.2) is 40.9 Å². The van der Waals surface area contributed by atoms with Gasteiger partial charge >= 0.3 is 6.03 Å². The van der Waals surface area contributed by atoms with Crippen molar-refractivity contribution in [1.82, 2.24) is 10.2 Å². The van der Waals surface area contributed by atoms with Crippen molar-refractivity contribution in [2.45, 2.75) is 19.9 Å². The maximum atomic E-state index is 12.5. The van der Waals surface area contributed by atoms with Gasteiger partial charge in [-0.15, -0.1) is 11.3 Å². The average molecular weight is 457 g/mol. The van der Waals surface area contributed by atoms with Crippen LogP contribution < -0.4 is 10.2 Å². The Morgan fingerprint density at radius 1 is 1.42 bits per heavy atom. The largest absolute Gasteiger partial charge is 0.371 e. The number of carbonyl (C=O) groups excluding carboxylic acids is 1. The van der Waals surface area contributed by atoms with Crippen LogP contribution in [0.3, 0.4) is 0 Å². The fourth-order valence-corrected chi connectivity index (χ4v) is 4.69. The molecule has 0 saturated carbocycles. The Morgan fingerprint density at radius 3 is 2.96 bits per heavy atom. The number of hydrogen-bond donors (Lipinski definition) is 1. The molecule has 1 aliphatic rings. The van der Waals surface area contributed by atoms with E-state index in [1.165, 1.54) is 17.0 Å². The summed E-state index contributed by atoms with van der Waals surface area (Å²) in [5.74, 6) is 0.479. The van der Waals surface area contributed by atoms with Crippen LogP contribution in [0.1, 0.15) is 18.2 Å². The zero-order valence-corrected chi connectivity index (χ0v) is 17.9. The summed E-state index contributed by atoms with van der Waals surface area (Å²) >= 11 is 11.0. The smallest absolute Gasteiger partial charge is 0.317 e. The molecule has 0 aliphatic carbocycles. The SMILES string of the molecule is CCN(Cc1ccc(Cl)s1)C(=O)NCC1CCN(c2cccc(Br)c2)C1. The number of nitrogens with zero attached hydrogens (tertiary/aromatic N) is 2. The number of rotatable bonds is 6. The molecule has 2 aromatic rings. The lowest BCUT2D eigenvalue weighted by Crippen LogP contribution is -2.41. The summed E-state index contributed by atoms with van der Waals surface area (Å²) in [7, 11) is 0. The van der Waals surface area contributed by atoms with Gasteiger partial charge in [-0.2, -0.15) is 0 Å². The molecule has 1 fully saturated rings. The molecular formula is C19H23BrClN3OS. The molecular weight excluding hydrogens is 434 g/mol. The van der Waals surface area contributed by atoms with Crippen LogP contribution in [0.4, 0.5) is 10.5 Å². The van der Waals surface area contributed by atoms with Gasteiger partial charge in [0.15, 0.2) is 0 Å². The Kier molecular flexibility index (Phi) is 6.84. The molecule has 1 aromatic carbocycles. The van der Waals surface area contributed by atoms with Gasteiger partial charge in [-0.05, 0) is 49.6 Å². The van der Waals surface area contributed by atoms with E-state index in [2.05, 4.69) is 44.3 Å². The minimum absolute atomic E-state index is 0.00192. The van der Waals surface area contributed by atoms with Gasteiger partial charge < -0.3 is 15.1 Å². The topological polar surface area (TPSA) is 35.6 Å². The van der Waals surface area contributed by atoms with E-state index < -0.39 is 0 Å². The third-order valence-electron chi connectivity index (χ3n) is 4.65. The summed E-state index contributed by atoms with van der Waals surface area (Å²) in [6.45, 7) is 6.00. The van der Waals surface area contributed by atoms with E-state index in [4.69, 9.17) is 11.6 Å². The van der Waals surface area contributed by atoms with Crippen molar-refractivity contribution in [3.05, 3.63) is 50.1 Å². The number of urea groups is 1. The molecule has 0 bridgehead atoms. The molecule has 1 atom stereocenters. The molecule has 1 unspecified atom stereocenters. The van der Waals surface area contributed by atoms with Crippen molar-refractivity contribution in [2.24, 2.45) is 5.92 Å². The highest BCUT2D eigenvalue weighted by Gasteiger charge is 2.24. The van der Waals surface area contributed by atoms with E-state index in [0.717, 1.165) is 33.2 Å². The van der Waals surface area contributed by atoms with E-state index in [1.807, 2.05) is 30.0 Å². The lowest BCUT2D eigenvalue weighted by molar-refractivity contribution is 0.197. The predicted molar refractivity (Wildman–Crippen MR) is 113 cm³/mol. The Balaban J connectivity index is 1.48. The van der Waals surface area contributed by atoms with Crippen LogP contribution in [0.5, 0.6) is 0 Å². The van der Waals surface area contributed by atoms with E-state index in [-0.39, 0.29) is 6.03 Å². The fourth-order valence-electron chi connectivity index (χ4n) is 3.20.